The third-order valence-corrected chi connectivity index (χ3v) is 6.30. The van der Waals surface area contributed by atoms with Crippen molar-refractivity contribution < 1.29 is 97.4 Å². The first-order chi connectivity index (χ1) is 20.0. The summed E-state index contributed by atoms with van der Waals surface area (Å²) < 4.78 is 264. The van der Waals surface area contributed by atoms with Crippen molar-refractivity contribution >= 4 is 35.0 Å². The molecule has 2 amide bonds. The number of carbonyl (C=O) groups is 2. The molecule has 0 rings (SSSR count). The van der Waals surface area contributed by atoms with Gasteiger partial charge in [0.05, 0.1) is 0 Å². The number of hydrogen-bond donors (Lipinski definition) is 2. The molecule has 0 aromatic rings. The third kappa shape index (κ3) is 7.87. The van der Waals surface area contributed by atoms with Gasteiger partial charge in [-0.1, -0.05) is 25.7 Å². The van der Waals surface area contributed by atoms with Gasteiger partial charge < -0.3 is 10.6 Å². The van der Waals surface area contributed by atoms with Crippen LogP contribution in [0.25, 0.3) is 0 Å². The number of hydrogen-bond acceptors (Lipinski definition) is 2. The molecule has 0 heterocycles. The molecule has 0 unspecified atom stereocenters. The van der Waals surface area contributed by atoms with E-state index in [0.29, 0.717) is 0 Å². The van der Waals surface area contributed by atoms with Crippen LogP contribution in [0.2, 0.25) is 0 Å². The number of alkyl halides is 22. The molecule has 0 atom stereocenters. The van der Waals surface area contributed by atoms with Crippen molar-refractivity contribution in [2.75, 3.05) is 13.1 Å². The van der Waals surface area contributed by atoms with Crippen LogP contribution in [-0.4, -0.2) is 83.0 Å². The van der Waals surface area contributed by atoms with Crippen molar-refractivity contribution in [1.82, 2.24) is 10.6 Å². The molecule has 26 heteroatoms. The summed E-state index contributed by atoms with van der Waals surface area (Å²) in [5.41, 5.74) is 0. The lowest BCUT2D eigenvalue weighted by Crippen LogP contribution is -2.69. The molecule has 0 aliphatic carbocycles. The molecule has 2 N–H and O–H groups in total. The molecule has 4 nitrogen and oxygen atoms in total. The molecule has 0 fully saturated rings. The van der Waals surface area contributed by atoms with E-state index in [1.54, 1.807) is 0 Å². The molecule has 0 aliphatic heterocycles. The minimum atomic E-state index is -7.55. The van der Waals surface area contributed by atoms with Crippen LogP contribution in [0.15, 0.2) is 0 Å². The maximum atomic E-state index is 13.6. The Kier molecular flexibility index (Phi) is 13.4. The van der Waals surface area contributed by atoms with E-state index < -0.39 is 95.9 Å². The summed E-state index contributed by atoms with van der Waals surface area (Å²) in [6.07, 6.45) is -1.24. The molecule has 0 aromatic heterocycles. The molecule has 46 heavy (non-hydrogen) atoms. The standard InChI is InChI=1S/C20H18Cl2F20N2O2/c21-19(39,40)17(35,36)15(31,32)13(27,28)11(23,24)9(45)43-7-5-3-1-2-4-6-8-44-10(46)12(25,26)14(29,30)16(33,34)18(37,38)20(22,41)42/h1-8H2,(H,43,45)(H,44,46). The van der Waals surface area contributed by atoms with E-state index in [2.05, 4.69) is 23.2 Å². The molecule has 0 aromatic carbocycles. The van der Waals surface area contributed by atoms with Gasteiger partial charge in [-0.3, -0.25) is 9.59 Å². The summed E-state index contributed by atoms with van der Waals surface area (Å²) in [6.45, 7) is -2.03. The fraction of sp³-hybridized carbons (Fsp3) is 0.900. The van der Waals surface area contributed by atoms with Gasteiger partial charge in [-0.15, -0.1) is 0 Å². The lowest BCUT2D eigenvalue weighted by Gasteiger charge is -2.37. The van der Waals surface area contributed by atoms with Gasteiger partial charge in [-0.25, -0.2) is 0 Å². The predicted molar refractivity (Wildman–Crippen MR) is 115 cm³/mol. The first kappa shape index (κ1) is 44.1. The van der Waals surface area contributed by atoms with Crippen LogP contribution < -0.4 is 10.6 Å². The van der Waals surface area contributed by atoms with Crippen molar-refractivity contribution in [2.24, 2.45) is 0 Å². The zero-order valence-electron chi connectivity index (χ0n) is 21.8. The molecule has 0 spiro atoms. The van der Waals surface area contributed by atoms with Crippen LogP contribution in [0, 0.1) is 0 Å². The van der Waals surface area contributed by atoms with Gasteiger partial charge in [-0.05, 0) is 36.0 Å². The van der Waals surface area contributed by atoms with Gasteiger partial charge in [0.25, 0.3) is 11.8 Å². The average Bonchev–Trinajstić information content (AvgIpc) is 2.87. The number of rotatable bonds is 19. The maximum Gasteiger partial charge on any atom is 0.393 e. The van der Waals surface area contributed by atoms with Crippen LogP contribution in [0.3, 0.4) is 0 Å². The Morgan fingerprint density at radius 3 is 0.804 bits per heavy atom. The monoisotopic (exact) mass is 768 g/mol. The lowest BCUT2D eigenvalue weighted by molar-refractivity contribution is -0.382. The van der Waals surface area contributed by atoms with Crippen LogP contribution in [-0.2, 0) is 9.59 Å². The van der Waals surface area contributed by atoms with Crippen LogP contribution in [0.5, 0.6) is 0 Å². The van der Waals surface area contributed by atoms with Crippen LogP contribution in [0.1, 0.15) is 38.5 Å². The topological polar surface area (TPSA) is 58.2 Å². The summed E-state index contributed by atoms with van der Waals surface area (Å²) in [7, 11) is 0. The van der Waals surface area contributed by atoms with Crippen LogP contribution in [0.4, 0.5) is 87.8 Å². The highest BCUT2D eigenvalue weighted by Gasteiger charge is 2.88. The maximum absolute atomic E-state index is 13.6. The van der Waals surface area contributed by atoms with Gasteiger partial charge in [0.1, 0.15) is 0 Å². The Hall–Kier alpha value is -1.88. The first-order valence-electron chi connectivity index (χ1n) is 11.8. The van der Waals surface area contributed by atoms with Crippen molar-refractivity contribution in [2.45, 2.75) is 96.7 Å². The number of halogens is 22. The van der Waals surface area contributed by atoms with Crippen molar-refractivity contribution in [3.05, 3.63) is 0 Å². The molecule has 0 bridgehead atoms. The van der Waals surface area contributed by atoms with Crippen LogP contribution >= 0.6 is 23.2 Å². The smallest absolute Gasteiger partial charge is 0.351 e. The SMILES string of the molecule is O=C(NCCCCCCCCNC(=O)C(F)(F)C(F)(F)C(F)(F)C(F)(F)C(F)(F)Cl)C(F)(F)C(F)(F)C(F)(F)C(F)(F)C(F)(F)Cl. The summed E-state index contributed by atoms with van der Waals surface area (Å²) >= 11 is 7.23. The molecule has 0 saturated carbocycles. The van der Waals surface area contributed by atoms with Crippen molar-refractivity contribution in [3.63, 3.8) is 0 Å². The van der Waals surface area contributed by atoms with E-state index in [4.69, 9.17) is 0 Å². The van der Waals surface area contributed by atoms with Gasteiger partial charge in [-0.2, -0.15) is 87.8 Å². The number of carbonyl (C=O) groups excluding carboxylic acids is 2. The highest BCUT2D eigenvalue weighted by Crippen LogP contribution is 2.59. The number of unbranched alkanes of at least 4 members (excludes halogenated alkanes) is 5. The predicted octanol–water partition coefficient (Wildman–Crippen LogP) is 8.31. The molecule has 0 aliphatic rings. The first-order valence-corrected chi connectivity index (χ1v) is 12.5. The molecular weight excluding hydrogens is 751 g/mol. The van der Waals surface area contributed by atoms with E-state index in [1.165, 1.54) is 0 Å². The zero-order chi connectivity index (χ0) is 37.2. The summed E-state index contributed by atoms with van der Waals surface area (Å²) in [6, 6.07) is 0. The quantitative estimate of drug-likeness (QED) is 0.0790. The Bertz CT molecular complexity index is 977. The third-order valence-electron chi connectivity index (χ3n) is 5.82. The minimum absolute atomic E-state index is 0.0341. The average molecular weight is 769 g/mol. The minimum Gasteiger partial charge on any atom is -0.351 e. The summed E-state index contributed by atoms with van der Waals surface area (Å²) in [4.78, 5) is 22.6. The van der Waals surface area contributed by atoms with E-state index in [0.717, 1.165) is 10.6 Å². The second-order valence-electron chi connectivity index (χ2n) is 9.22. The van der Waals surface area contributed by atoms with E-state index >= 15 is 0 Å². The van der Waals surface area contributed by atoms with Gasteiger partial charge >= 0.3 is 58.1 Å². The fourth-order valence-electron chi connectivity index (χ4n) is 3.01. The lowest BCUT2D eigenvalue weighted by atomic mass is 9.98. The molecule has 0 saturated heterocycles. The van der Waals surface area contributed by atoms with Gasteiger partial charge in [0.2, 0.25) is 0 Å². The fourth-order valence-corrected chi connectivity index (χ4v) is 3.25. The highest BCUT2D eigenvalue weighted by atomic mass is 35.5. The van der Waals surface area contributed by atoms with Crippen molar-refractivity contribution in [3.8, 4) is 0 Å². The Labute approximate surface area is 253 Å². The van der Waals surface area contributed by atoms with Crippen molar-refractivity contribution in [1.29, 1.82) is 0 Å². The number of amides is 2. The summed E-state index contributed by atoms with van der Waals surface area (Å²) in [5, 5.41) is -11.0. The Balaban J connectivity index is 4.81. The second kappa shape index (κ2) is 13.9. The van der Waals surface area contributed by atoms with Gasteiger partial charge in [0, 0.05) is 13.1 Å². The van der Waals surface area contributed by atoms with E-state index in [1.807, 2.05) is 0 Å². The Morgan fingerprint density at radius 1 is 0.370 bits per heavy atom. The molecule has 0 radical (unpaired) electrons. The zero-order valence-corrected chi connectivity index (χ0v) is 23.3. The Morgan fingerprint density at radius 2 is 0.587 bits per heavy atom. The van der Waals surface area contributed by atoms with Gasteiger partial charge in [0.15, 0.2) is 0 Å². The summed E-state index contributed by atoms with van der Waals surface area (Å²) in [5.74, 6) is -64.3. The second-order valence-corrected chi connectivity index (χ2v) is 10.2. The van der Waals surface area contributed by atoms with E-state index in [-0.39, 0.29) is 25.7 Å². The molecular formula is C20H18Cl2F20N2O2. The van der Waals surface area contributed by atoms with E-state index in [9.17, 15) is 97.4 Å². The largest absolute Gasteiger partial charge is 0.393 e. The highest BCUT2D eigenvalue weighted by molar-refractivity contribution is 6.22. The number of nitrogens with one attached hydrogen (secondary N) is 2. The normalized spacial score (nSPS) is 15.2. The molecule has 274 valence electrons.